The lowest BCUT2D eigenvalue weighted by Gasteiger charge is -2.34. The van der Waals surface area contributed by atoms with E-state index in [0.717, 1.165) is 12.3 Å². The molecule has 0 heterocycles. The van der Waals surface area contributed by atoms with E-state index >= 15 is 0 Å². The van der Waals surface area contributed by atoms with Crippen LogP contribution < -0.4 is 5.32 Å². The van der Waals surface area contributed by atoms with Gasteiger partial charge in [-0.05, 0) is 43.5 Å². The molecule has 172 valence electrons. The van der Waals surface area contributed by atoms with Gasteiger partial charge in [0.2, 0.25) is 0 Å². The third kappa shape index (κ3) is 6.04. The molecule has 0 spiro atoms. The van der Waals surface area contributed by atoms with Gasteiger partial charge in [0.15, 0.2) is 14.6 Å². The van der Waals surface area contributed by atoms with Crippen LogP contribution >= 0.6 is 15.9 Å². The van der Waals surface area contributed by atoms with Crippen molar-refractivity contribution in [1.29, 1.82) is 5.26 Å². The average molecular weight is 529 g/mol. The molecule has 0 bridgehead atoms. The molecule has 10 heteroatoms. The monoisotopic (exact) mass is 528 g/mol. The second-order valence-corrected chi connectivity index (χ2v) is 11.0. The second-order valence-electron chi connectivity index (χ2n) is 7.64. The Hall–Kier alpha value is -2.51. The molecule has 2 atom stereocenters. The van der Waals surface area contributed by atoms with Crippen LogP contribution in [-0.2, 0) is 26.7 Å². The van der Waals surface area contributed by atoms with Crippen molar-refractivity contribution in [2.24, 2.45) is 0 Å². The van der Waals surface area contributed by atoms with Gasteiger partial charge in [0.1, 0.15) is 19.1 Å². The molecule has 6 nitrogen and oxygen atoms in total. The molecular weight excluding hydrogens is 506 g/mol. The largest absolute Gasteiger partial charge is 0.445 e. The van der Waals surface area contributed by atoms with Gasteiger partial charge in [-0.15, -0.1) is 0 Å². The minimum atomic E-state index is -3.85. The number of benzene rings is 2. The summed E-state index contributed by atoms with van der Waals surface area (Å²) in [6, 6.07) is 14.3. The summed E-state index contributed by atoms with van der Waals surface area (Å²) in [6.45, 7) is -0.155. The summed E-state index contributed by atoms with van der Waals surface area (Å²) in [4.78, 5) is 12.5. The zero-order valence-corrected chi connectivity index (χ0v) is 20.0. The summed E-state index contributed by atoms with van der Waals surface area (Å²) in [5, 5.41) is 11.8. The highest BCUT2D eigenvalue weighted by molar-refractivity contribution is 9.10. The number of hydrogen-bond acceptors (Lipinski definition) is 5. The molecule has 1 N–H and O–H groups in total. The standard InChI is InChI=1S/C22H23BrF2N2O4S/c1-21(15-26,32(2,29)30)10-11-22(14-24,18-12-17(23)8-9-19(18)25)27-20(28)31-13-16-6-4-3-5-7-16/h3-9,12H,10-11,13-14H2,1-2H3,(H,27,28). The number of hydrogen-bond donors (Lipinski definition) is 1. The Labute approximate surface area is 194 Å². The van der Waals surface area contributed by atoms with E-state index in [9.17, 15) is 27.3 Å². The fraction of sp³-hybridized carbons (Fsp3) is 0.364. The summed E-state index contributed by atoms with van der Waals surface area (Å²) < 4.78 is 57.2. The fourth-order valence-corrected chi connectivity index (χ4v) is 4.03. The molecule has 0 aliphatic rings. The van der Waals surface area contributed by atoms with Gasteiger partial charge in [0.05, 0.1) is 11.6 Å². The van der Waals surface area contributed by atoms with E-state index in [1.54, 1.807) is 36.4 Å². The molecule has 2 rings (SSSR count). The van der Waals surface area contributed by atoms with Gasteiger partial charge < -0.3 is 10.1 Å². The fourth-order valence-electron chi connectivity index (χ4n) is 3.03. The van der Waals surface area contributed by atoms with Crippen molar-refractivity contribution >= 4 is 31.9 Å². The number of nitrogens with one attached hydrogen (secondary N) is 1. The molecular formula is C22H23BrF2N2O4S. The van der Waals surface area contributed by atoms with Crippen LogP contribution in [0.3, 0.4) is 0 Å². The van der Waals surface area contributed by atoms with Crippen molar-refractivity contribution in [2.75, 3.05) is 12.9 Å². The summed E-state index contributed by atoms with van der Waals surface area (Å²) in [7, 11) is -3.85. The maximum Gasteiger partial charge on any atom is 0.408 e. The van der Waals surface area contributed by atoms with E-state index in [2.05, 4.69) is 21.2 Å². The Morgan fingerprint density at radius 2 is 1.88 bits per heavy atom. The summed E-state index contributed by atoms with van der Waals surface area (Å²) in [5.74, 6) is -0.799. The Bertz CT molecular complexity index is 1110. The van der Waals surface area contributed by atoms with Gasteiger partial charge >= 0.3 is 6.09 Å². The van der Waals surface area contributed by atoms with Crippen LogP contribution in [-0.4, -0.2) is 32.2 Å². The lowest BCUT2D eigenvalue weighted by molar-refractivity contribution is 0.115. The van der Waals surface area contributed by atoms with Crippen LogP contribution in [0.1, 0.15) is 30.9 Å². The zero-order valence-electron chi connectivity index (χ0n) is 17.6. The lowest BCUT2D eigenvalue weighted by Crippen LogP contribution is -2.50. The van der Waals surface area contributed by atoms with Crippen LogP contribution in [0.2, 0.25) is 0 Å². The number of carbonyl (C=O) groups is 1. The molecule has 2 aromatic rings. The number of carbonyl (C=O) groups excluding carboxylic acids is 1. The van der Waals surface area contributed by atoms with Gasteiger partial charge in [-0.25, -0.2) is 22.0 Å². The number of halogens is 3. The minimum Gasteiger partial charge on any atom is -0.445 e. The number of sulfone groups is 1. The van der Waals surface area contributed by atoms with Crippen molar-refractivity contribution in [1.82, 2.24) is 5.32 Å². The number of ether oxygens (including phenoxy) is 1. The van der Waals surface area contributed by atoms with E-state index in [1.165, 1.54) is 19.1 Å². The first-order chi connectivity index (χ1) is 15.0. The van der Waals surface area contributed by atoms with Crippen molar-refractivity contribution in [2.45, 2.75) is 36.7 Å². The smallest absolute Gasteiger partial charge is 0.408 e. The predicted molar refractivity (Wildman–Crippen MR) is 120 cm³/mol. The number of rotatable bonds is 9. The van der Waals surface area contributed by atoms with Crippen molar-refractivity contribution in [3.63, 3.8) is 0 Å². The normalized spacial score (nSPS) is 15.1. The Kier molecular flexibility index (Phi) is 8.37. The highest BCUT2D eigenvalue weighted by Crippen LogP contribution is 2.35. The summed E-state index contributed by atoms with van der Waals surface area (Å²) in [5.41, 5.74) is -1.46. The van der Waals surface area contributed by atoms with E-state index in [4.69, 9.17) is 4.74 Å². The molecule has 2 aromatic carbocycles. The van der Waals surface area contributed by atoms with Gasteiger partial charge in [0.25, 0.3) is 0 Å². The SMILES string of the molecule is CC(C#N)(CCC(CF)(NC(=O)OCc1ccccc1)c1cc(Br)ccc1F)S(C)(=O)=O. The van der Waals surface area contributed by atoms with E-state index in [1.807, 2.05) is 0 Å². The molecule has 0 aromatic heterocycles. The Balaban J connectivity index is 2.38. The molecule has 0 aliphatic heterocycles. The highest BCUT2D eigenvalue weighted by Gasteiger charge is 2.43. The van der Waals surface area contributed by atoms with Gasteiger partial charge in [-0.1, -0.05) is 46.3 Å². The minimum absolute atomic E-state index is 0.102. The first-order valence-corrected chi connectivity index (χ1v) is 12.3. The summed E-state index contributed by atoms with van der Waals surface area (Å²) >= 11 is 3.20. The van der Waals surface area contributed by atoms with Crippen LogP contribution in [0, 0.1) is 17.1 Å². The molecule has 0 radical (unpaired) electrons. The van der Waals surface area contributed by atoms with Crippen LogP contribution in [0.25, 0.3) is 0 Å². The zero-order chi connectivity index (χ0) is 24.0. The number of alkyl halides is 1. The van der Waals surface area contributed by atoms with Crippen molar-refractivity contribution in [3.8, 4) is 6.07 Å². The third-order valence-electron chi connectivity index (χ3n) is 5.31. The maximum absolute atomic E-state index is 14.7. The molecule has 0 saturated heterocycles. The third-order valence-corrected chi connectivity index (χ3v) is 7.74. The van der Waals surface area contributed by atoms with Crippen LogP contribution in [0.15, 0.2) is 53.0 Å². The maximum atomic E-state index is 14.7. The molecule has 0 fully saturated rings. The van der Waals surface area contributed by atoms with Crippen LogP contribution in [0.5, 0.6) is 0 Å². The number of amides is 1. The first-order valence-electron chi connectivity index (χ1n) is 9.57. The molecule has 1 amide bonds. The average Bonchev–Trinajstić information content (AvgIpc) is 2.76. The van der Waals surface area contributed by atoms with E-state index in [-0.39, 0.29) is 25.0 Å². The molecule has 0 aliphatic carbocycles. The molecule has 32 heavy (non-hydrogen) atoms. The van der Waals surface area contributed by atoms with E-state index < -0.39 is 38.7 Å². The number of alkyl carbamates (subject to hydrolysis) is 1. The van der Waals surface area contributed by atoms with Crippen molar-refractivity contribution < 1.29 is 26.7 Å². The van der Waals surface area contributed by atoms with E-state index in [0.29, 0.717) is 10.0 Å². The van der Waals surface area contributed by atoms with Gasteiger partial charge in [0, 0.05) is 16.3 Å². The molecule has 0 saturated carbocycles. The van der Waals surface area contributed by atoms with Crippen molar-refractivity contribution in [3.05, 3.63) is 69.9 Å². The van der Waals surface area contributed by atoms with Gasteiger partial charge in [-0.3, -0.25) is 0 Å². The highest BCUT2D eigenvalue weighted by atomic mass is 79.9. The quantitative estimate of drug-likeness (QED) is 0.504. The summed E-state index contributed by atoms with van der Waals surface area (Å²) in [6.07, 6.45) is -0.830. The second kappa shape index (κ2) is 10.4. The molecule has 2 unspecified atom stereocenters. The lowest BCUT2D eigenvalue weighted by atomic mass is 9.84. The Morgan fingerprint density at radius 3 is 2.44 bits per heavy atom. The van der Waals surface area contributed by atoms with Gasteiger partial charge in [-0.2, -0.15) is 5.26 Å². The van der Waals surface area contributed by atoms with Crippen LogP contribution in [0.4, 0.5) is 13.6 Å². The predicted octanol–water partition coefficient (Wildman–Crippen LogP) is 4.79. The Morgan fingerprint density at radius 1 is 1.22 bits per heavy atom. The number of nitriles is 1. The number of nitrogens with zero attached hydrogens (tertiary/aromatic N) is 1. The first kappa shape index (κ1) is 25.7. The topological polar surface area (TPSA) is 96.3 Å².